The highest BCUT2D eigenvalue weighted by molar-refractivity contribution is 5.91. The van der Waals surface area contributed by atoms with Crippen molar-refractivity contribution in [2.45, 2.75) is 25.0 Å². The number of benzene rings is 2. The molecule has 2 aliphatic heterocycles. The fourth-order valence-electron chi connectivity index (χ4n) is 4.75. The first-order valence-corrected chi connectivity index (χ1v) is 10.7. The number of anilines is 1. The lowest BCUT2D eigenvalue weighted by molar-refractivity contribution is 0.0925. The molecule has 1 N–H and O–H groups in total. The molecule has 3 aromatic rings. The number of ether oxygens (including phenoxy) is 2. The van der Waals surface area contributed by atoms with Crippen LogP contribution >= 0.6 is 0 Å². The van der Waals surface area contributed by atoms with Gasteiger partial charge in [-0.3, -0.25) is 14.4 Å². The van der Waals surface area contributed by atoms with Gasteiger partial charge in [-0.15, -0.1) is 0 Å². The van der Waals surface area contributed by atoms with Crippen molar-refractivity contribution in [2.75, 3.05) is 38.2 Å². The molecule has 2 fully saturated rings. The van der Waals surface area contributed by atoms with Gasteiger partial charge in [0.2, 0.25) is 0 Å². The summed E-state index contributed by atoms with van der Waals surface area (Å²) < 4.78 is 12.9. The van der Waals surface area contributed by atoms with Gasteiger partial charge < -0.3 is 14.5 Å². The maximum atomic E-state index is 12.5. The Morgan fingerprint density at radius 2 is 1.81 bits per heavy atom. The van der Waals surface area contributed by atoms with E-state index in [1.54, 1.807) is 12.0 Å². The van der Waals surface area contributed by atoms with E-state index in [9.17, 15) is 9.59 Å². The molecule has 1 amide bonds. The number of carbonyl (C=O) groups excluding carboxylic acids is 1. The SMILES string of the molecule is COc1ccccc1N1CC(CN2CCC(n3c(=O)[nH]c4ccccc43)CC2)OC1=O. The Morgan fingerprint density at radius 3 is 2.61 bits per heavy atom. The molecule has 0 aliphatic carbocycles. The zero-order valence-corrected chi connectivity index (χ0v) is 17.5. The third-order valence-electron chi connectivity index (χ3n) is 6.26. The molecule has 2 aliphatic rings. The molecular weight excluding hydrogens is 396 g/mol. The van der Waals surface area contributed by atoms with Crippen LogP contribution in [-0.4, -0.2) is 59.9 Å². The van der Waals surface area contributed by atoms with Crippen LogP contribution in [-0.2, 0) is 4.74 Å². The standard InChI is InChI=1S/C23H26N4O4/c1-30-21-9-5-4-8-20(21)26-15-17(31-23(26)29)14-25-12-10-16(11-13-25)27-19-7-3-2-6-18(19)24-22(27)28/h2-9,16-17H,10-15H2,1H3,(H,24,28). The van der Waals surface area contributed by atoms with Crippen molar-refractivity contribution in [1.29, 1.82) is 0 Å². The van der Waals surface area contributed by atoms with Gasteiger partial charge in [0.15, 0.2) is 0 Å². The van der Waals surface area contributed by atoms with Crippen LogP contribution in [0.3, 0.4) is 0 Å². The van der Waals surface area contributed by atoms with Gasteiger partial charge in [0.25, 0.3) is 0 Å². The highest BCUT2D eigenvalue weighted by Gasteiger charge is 2.35. The van der Waals surface area contributed by atoms with E-state index in [4.69, 9.17) is 9.47 Å². The lowest BCUT2D eigenvalue weighted by Crippen LogP contribution is -2.41. The lowest BCUT2D eigenvalue weighted by Gasteiger charge is -2.33. The van der Waals surface area contributed by atoms with Crippen molar-refractivity contribution < 1.29 is 14.3 Å². The summed E-state index contributed by atoms with van der Waals surface area (Å²) in [6.45, 7) is 2.91. The van der Waals surface area contributed by atoms with Gasteiger partial charge in [0.05, 0.1) is 30.4 Å². The van der Waals surface area contributed by atoms with Crippen molar-refractivity contribution >= 4 is 22.8 Å². The number of H-pyrrole nitrogens is 1. The highest BCUT2D eigenvalue weighted by Crippen LogP contribution is 2.32. The average Bonchev–Trinajstić information content (AvgIpc) is 3.32. The number of aromatic amines is 1. The van der Waals surface area contributed by atoms with E-state index >= 15 is 0 Å². The predicted molar refractivity (Wildman–Crippen MR) is 118 cm³/mol. The Balaban J connectivity index is 1.22. The summed E-state index contributed by atoms with van der Waals surface area (Å²) in [5.41, 5.74) is 2.53. The number of likely N-dealkylation sites (tertiary alicyclic amines) is 1. The first-order chi connectivity index (χ1) is 15.1. The summed E-state index contributed by atoms with van der Waals surface area (Å²) >= 11 is 0. The minimum Gasteiger partial charge on any atom is -0.495 e. The number of cyclic esters (lactones) is 1. The molecule has 1 unspecified atom stereocenters. The monoisotopic (exact) mass is 422 g/mol. The largest absolute Gasteiger partial charge is 0.495 e. The van der Waals surface area contributed by atoms with E-state index in [0.29, 0.717) is 18.8 Å². The second kappa shape index (κ2) is 8.11. The van der Waals surface area contributed by atoms with E-state index in [-0.39, 0.29) is 23.9 Å². The van der Waals surface area contributed by atoms with Crippen LogP contribution < -0.4 is 15.3 Å². The van der Waals surface area contributed by atoms with Gasteiger partial charge in [-0.25, -0.2) is 9.59 Å². The van der Waals surface area contributed by atoms with Crippen LogP contribution in [0.15, 0.2) is 53.3 Å². The van der Waals surface area contributed by atoms with E-state index < -0.39 is 0 Å². The van der Waals surface area contributed by atoms with Crippen molar-refractivity contribution in [3.05, 3.63) is 59.0 Å². The van der Waals surface area contributed by atoms with Crippen LogP contribution in [0.5, 0.6) is 5.75 Å². The number of piperidine rings is 1. The molecule has 0 radical (unpaired) electrons. The molecule has 2 saturated heterocycles. The third-order valence-corrected chi connectivity index (χ3v) is 6.26. The quantitative estimate of drug-likeness (QED) is 0.684. The van der Waals surface area contributed by atoms with Crippen molar-refractivity contribution in [3.63, 3.8) is 0 Å². The summed E-state index contributed by atoms with van der Waals surface area (Å²) in [6, 6.07) is 15.5. The number of fused-ring (bicyclic) bond motifs is 1. The topological polar surface area (TPSA) is 79.8 Å². The number of nitrogens with one attached hydrogen (secondary N) is 1. The molecule has 5 rings (SSSR count). The Morgan fingerprint density at radius 1 is 1.06 bits per heavy atom. The molecule has 2 aromatic carbocycles. The summed E-state index contributed by atoms with van der Waals surface area (Å²) in [4.78, 5) is 31.8. The Hall–Kier alpha value is -3.26. The van der Waals surface area contributed by atoms with Gasteiger partial charge in [-0.05, 0) is 37.1 Å². The molecule has 31 heavy (non-hydrogen) atoms. The van der Waals surface area contributed by atoms with Crippen molar-refractivity contribution in [1.82, 2.24) is 14.5 Å². The van der Waals surface area contributed by atoms with Crippen LogP contribution in [0.2, 0.25) is 0 Å². The molecule has 1 atom stereocenters. The molecule has 3 heterocycles. The van der Waals surface area contributed by atoms with Gasteiger partial charge in [-0.2, -0.15) is 0 Å². The van der Waals surface area contributed by atoms with Crippen LogP contribution in [0.4, 0.5) is 10.5 Å². The molecule has 8 heteroatoms. The summed E-state index contributed by atoms with van der Waals surface area (Å²) in [6.07, 6.45) is 1.25. The Kier molecular flexibility index (Phi) is 5.15. The van der Waals surface area contributed by atoms with E-state index in [1.807, 2.05) is 53.1 Å². The average molecular weight is 422 g/mol. The van der Waals surface area contributed by atoms with Crippen molar-refractivity contribution in [2.24, 2.45) is 0 Å². The highest BCUT2D eigenvalue weighted by atomic mass is 16.6. The molecule has 0 spiro atoms. The van der Waals surface area contributed by atoms with E-state index in [1.165, 1.54) is 0 Å². The van der Waals surface area contributed by atoms with Crippen molar-refractivity contribution in [3.8, 4) is 5.75 Å². The molecule has 1 aromatic heterocycles. The third kappa shape index (κ3) is 3.67. The number of imidazole rings is 1. The maximum absolute atomic E-state index is 12.5. The minimum absolute atomic E-state index is 0.0446. The van der Waals surface area contributed by atoms with Crippen LogP contribution in [0.1, 0.15) is 18.9 Å². The molecule has 8 nitrogen and oxygen atoms in total. The normalized spacial score (nSPS) is 20.4. The first kappa shape index (κ1) is 19.7. The lowest BCUT2D eigenvalue weighted by atomic mass is 10.0. The van der Waals surface area contributed by atoms with Gasteiger partial charge >= 0.3 is 11.8 Å². The zero-order valence-electron chi connectivity index (χ0n) is 17.5. The predicted octanol–water partition coefficient (Wildman–Crippen LogP) is 3.00. The number of nitrogens with zero attached hydrogens (tertiary/aromatic N) is 3. The summed E-state index contributed by atoms with van der Waals surface area (Å²) in [5.74, 6) is 0.657. The molecule has 0 saturated carbocycles. The molecule has 0 bridgehead atoms. The molecule has 162 valence electrons. The van der Waals surface area contributed by atoms with E-state index in [0.717, 1.165) is 42.7 Å². The zero-order chi connectivity index (χ0) is 21.4. The van der Waals surface area contributed by atoms with Gasteiger partial charge in [0.1, 0.15) is 11.9 Å². The maximum Gasteiger partial charge on any atom is 0.414 e. The summed E-state index contributed by atoms with van der Waals surface area (Å²) in [5, 5.41) is 0. The summed E-state index contributed by atoms with van der Waals surface area (Å²) in [7, 11) is 1.60. The second-order valence-electron chi connectivity index (χ2n) is 8.14. The number of rotatable bonds is 5. The Bertz CT molecular complexity index is 1150. The van der Waals surface area contributed by atoms with Gasteiger partial charge in [0, 0.05) is 25.7 Å². The number of methoxy groups -OCH3 is 1. The second-order valence-corrected chi connectivity index (χ2v) is 8.14. The van der Waals surface area contributed by atoms with Gasteiger partial charge in [-0.1, -0.05) is 24.3 Å². The number of hydrogen-bond acceptors (Lipinski definition) is 5. The number of aromatic nitrogens is 2. The molecular formula is C23H26N4O4. The Labute approximate surface area is 180 Å². The number of carbonyl (C=O) groups is 1. The minimum atomic E-state index is -0.338. The number of amides is 1. The fraction of sp³-hybridized carbons (Fsp3) is 0.391. The number of para-hydroxylation sites is 4. The fourth-order valence-corrected chi connectivity index (χ4v) is 4.75. The smallest absolute Gasteiger partial charge is 0.414 e. The van der Waals surface area contributed by atoms with Crippen LogP contribution in [0.25, 0.3) is 11.0 Å². The van der Waals surface area contributed by atoms with E-state index in [2.05, 4.69) is 9.88 Å². The van der Waals surface area contributed by atoms with Crippen LogP contribution in [0, 0.1) is 0 Å². The number of hydrogen-bond donors (Lipinski definition) is 1. The first-order valence-electron chi connectivity index (χ1n) is 10.7.